The quantitative estimate of drug-likeness (QED) is 0.212. The van der Waals surface area contributed by atoms with Gasteiger partial charge < -0.3 is 20.1 Å². The van der Waals surface area contributed by atoms with Crippen LogP contribution in [0.2, 0.25) is 0 Å². The topological polar surface area (TPSA) is 118 Å². The summed E-state index contributed by atoms with van der Waals surface area (Å²) >= 11 is 0. The standard InChI is InChI=1S/C28H30N4O5/c1-3-36-25-15-23(13-14-24(25)37-19-26(33)29-16-21-7-5-4-6-8-21)18-31-32-28(35)27(34)30-17-22-11-9-20(2)10-12-22/h4-15,18H,3,16-17,19H2,1-2H3,(H,29,33)(H,30,34)(H,32,35)/b31-18-. The summed E-state index contributed by atoms with van der Waals surface area (Å²) in [5.74, 6) is -1.12. The molecule has 9 nitrogen and oxygen atoms in total. The molecule has 3 N–H and O–H groups in total. The number of carbonyl (C=O) groups excluding carboxylic acids is 3. The van der Waals surface area contributed by atoms with Gasteiger partial charge in [-0.2, -0.15) is 5.10 Å². The summed E-state index contributed by atoms with van der Waals surface area (Å²) in [7, 11) is 0. The molecule has 0 spiro atoms. The number of hydrogen-bond donors (Lipinski definition) is 3. The molecule has 0 aliphatic heterocycles. The summed E-state index contributed by atoms with van der Waals surface area (Å²) < 4.78 is 11.3. The summed E-state index contributed by atoms with van der Waals surface area (Å²) in [6, 6.07) is 22.2. The molecule has 0 unspecified atom stereocenters. The van der Waals surface area contributed by atoms with Crippen molar-refractivity contribution in [3.8, 4) is 11.5 Å². The SMILES string of the molecule is CCOc1cc(/C=N\NC(=O)C(=O)NCc2ccc(C)cc2)ccc1OCC(=O)NCc1ccccc1. The van der Waals surface area contributed by atoms with Crippen LogP contribution in [-0.2, 0) is 27.5 Å². The summed E-state index contributed by atoms with van der Waals surface area (Å²) in [6.45, 7) is 4.65. The average Bonchev–Trinajstić information content (AvgIpc) is 2.91. The van der Waals surface area contributed by atoms with E-state index in [1.807, 2.05) is 68.4 Å². The van der Waals surface area contributed by atoms with Crippen LogP contribution in [0.5, 0.6) is 11.5 Å². The summed E-state index contributed by atoms with van der Waals surface area (Å²) in [5, 5.41) is 9.19. The van der Waals surface area contributed by atoms with Crippen molar-refractivity contribution in [2.45, 2.75) is 26.9 Å². The summed E-state index contributed by atoms with van der Waals surface area (Å²) in [4.78, 5) is 36.2. The van der Waals surface area contributed by atoms with Crippen LogP contribution in [0.4, 0.5) is 0 Å². The third-order valence-electron chi connectivity index (χ3n) is 5.12. The fourth-order valence-corrected chi connectivity index (χ4v) is 3.17. The van der Waals surface area contributed by atoms with Crippen LogP contribution in [0.25, 0.3) is 0 Å². The van der Waals surface area contributed by atoms with Gasteiger partial charge in [0.05, 0.1) is 12.8 Å². The first-order valence-corrected chi connectivity index (χ1v) is 11.8. The molecule has 0 saturated carbocycles. The molecule has 0 radical (unpaired) electrons. The zero-order valence-corrected chi connectivity index (χ0v) is 20.8. The highest BCUT2D eigenvalue weighted by molar-refractivity contribution is 6.35. The normalized spacial score (nSPS) is 10.5. The van der Waals surface area contributed by atoms with Gasteiger partial charge in [-0.25, -0.2) is 5.43 Å². The van der Waals surface area contributed by atoms with Gasteiger partial charge in [0.1, 0.15) is 0 Å². The number of amides is 3. The monoisotopic (exact) mass is 502 g/mol. The number of carbonyl (C=O) groups is 3. The van der Waals surface area contributed by atoms with E-state index in [2.05, 4.69) is 21.2 Å². The van der Waals surface area contributed by atoms with Crippen molar-refractivity contribution < 1.29 is 23.9 Å². The maximum Gasteiger partial charge on any atom is 0.329 e. The average molecular weight is 503 g/mol. The van der Waals surface area contributed by atoms with Crippen molar-refractivity contribution in [3.05, 3.63) is 95.1 Å². The number of ether oxygens (including phenoxy) is 2. The molecule has 0 aliphatic carbocycles. The van der Waals surface area contributed by atoms with Crippen molar-refractivity contribution in [2.75, 3.05) is 13.2 Å². The lowest BCUT2D eigenvalue weighted by atomic mass is 10.1. The maximum absolute atomic E-state index is 12.2. The minimum absolute atomic E-state index is 0.173. The predicted octanol–water partition coefficient (Wildman–Crippen LogP) is 2.86. The van der Waals surface area contributed by atoms with Crippen LogP contribution in [-0.4, -0.2) is 37.1 Å². The van der Waals surface area contributed by atoms with E-state index in [0.717, 1.165) is 16.7 Å². The summed E-state index contributed by atoms with van der Waals surface area (Å²) in [6.07, 6.45) is 1.38. The molecule has 0 fully saturated rings. The molecule has 0 aliphatic rings. The predicted molar refractivity (Wildman–Crippen MR) is 140 cm³/mol. The lowest BCUT2D eigenvalue weighted by molar-refractivity contribution is -0.139. The number of aryl methyl sites for hydroxylation is 1. The second-order valence-electron chi connectivity index (χ2n) is 8.06. The van der Waals surface area contributed by atoms with Crippen LogP contribution in [0.3, 0.4) is 0 Å². The lowest BCUT2D eigenvalue weighted by Crippen LogP contribution is -2.37. The Morgan fingerprint density at radius 3 is 2.24 bits per heavy atom. The Hall–Kier alpha value is -4.66. The zero-order valence-electron chi connectivity index (χ0n) is 20.8. The molecule has 0 aromatic heterocycles. The molecule has 9 heteroatoms. The third kappa shape index (κ3) is 9.14. The molecule has 3 amide bonds. The van der Waals surface area contributed by atoms with Crippen LogP contribution < -0.4 is 25.5 Å². The first kappa shape index (κ1) is 26.9. The number of benzene rings is 3. The molecule has 0 atom stereocenters. The number of nitrogens with one attached hydrogen (secondary N) is 3. The maximum atomic E-state index is 12.2. The van der Waals surface area contributed by atoms with Crippen molar-refractivity contribution in [1.29, 1.82) is 0 Å². The number of rotatable bonds is 11. The fraction of sp³-hybridized carbons (Fsp3) is 0.214. The zero-order chi connectivity index (χ0) is 26.5. The molecule has 3 aromatic rings. The van der Waals surface area contributed by atoms with Crippen LogP contribution in [0.15, 0.2) is 77.9 Å². The molecule has 192 valence electrons. The molecule has 0 bridgehead atoms. The van der Waals surface area contributed by atoms with Crippen molar-refractivity contribution in [2.24, 2.45) is 5.10 Å². The molecule has 0 saturated heterocycles. The Morgan fingerprint density at radius 2 is 1.51 bits per heavy atom. The van der Waals surface area contributed by atoms with E-state index in [1.165, 1.54) is 6.21 Å². The smallest absolute Gasteiger partial charge is 0.329 e. The van der Waals surface area contributed by atoms with Gasteiger partial charge in [0.2, 0.25) is 0 Å². The minimum atomic E-state index is -0.880. The molecule has 3 aromatic carbocycles. The van der Waals surface area contributed by atoms with Crippen LogP contribution in [0, 0.1) is 6.92 Å². The lowest BCUT2D eigenvalue weighted by Gasteiger charge is -2.12. The highest BCUT2D eigenvalue weighted by Crippen LogP contribution is 2.28. The van der Waals surface area contributed by atoms with Gasteiger partial charge in [-0.1, -0.05) is 60.2 Å². The highest BCUT2D eigenvalue weighted by Gasteiger charge is 2.12. The number of hydrogen-bond acceptors (Lipinski definition) is 6. The second-order valence-corrected chi connectivity index (χ2v) is 8.06. The van der Waals surface area contributed by atoms with Crippen molar-refractivity contribution in [3.63, 3.8) is 0 Å². The minimum Gasteiger partial charge on any atom is -0.490 e. The Bertz CT molecular complexity index is 1230. The van der Waals surface area contributed by atoms with E-state index in [-0.39, 0.29) is 19.1 Å². The molecule has 0 heterocycles. The van der Waals surface area contributed by atoms with E-state index in [4.69, 9.17) is 9.47 Å². The van der Waals surface area contributed by atoms with Gasteiger partial charge in [0, 0.05) is 13.1 Å². The largest absolute Gasteiger partial charge is 0.490 e. The van der Waals surface area contributed by atoms with Gasteiger partial charge in [-0.15, -0.1) is 0 Å². The molecule has 37 heavy (non-hydrogen) atoms. The Balaban J connectivity index is 1.48. The van der Waals surface area contributed by atoms with Crippen molar-refractivity contribution in [1.82, 2.24) is 16.1 Å². The van der Waals surface area contributed by atoms with E-state index >= 15 is 0 Å². The molecule has 3 rings (SSSR count). The van der Waals surface area contributed by atoms with E-state index in [1.54, 1.807) is 18.2 Å². The number of nitrogens with zero attached hydrogens (tertiary/aromatic N) is 1. The first-order chi connectivity index (χ1) is 17.9. The second kappa shape index (κ2) is 14.0. The summed E-state index contributed by atoms with van der Waals surface area (Å²) in [5.41, 5.74) is 5.79. The van der Waals surface area contributed by atoms with E-state index in [9.17, 15) is 14.4 Å². The molecular weight excluding hydrogens is 472 g/mol. The van der Waals surface area contributed by atoms with E-state index < -0.39 is 11.8 Å². The van der Waals surface area contributed by atoms with Crippen LogP contribution >= 0.6 is 0 Å². The van der Waals surface area contributed by atoms with Gasteiger partial charge in [0.25, 0.3) is 5.91 Å². The number of hydrazone groups is 1. The Labute approximate surface area is 215 Å². The van der Waals surface area contributed by atoms with Gasteiger partial charge in [-0.3, -0.25) is 14.4 Å². The first-order valence-electron chi connectivity index (χ1n) is 11.8. The van der Waals surface area contributed by atoms with Crippen molar-refractivity contribution >= 4 is 23.9 Å². The van der Waals surface area contributed by atoms with Gasteiger partial charge in [-0.05, 0) is 48.7 Å². The Kier molecular flexibility index (Phi) is 10.2. The third-order valence-corrected chi connectivity index (χ3v) is 5.12. The molecular formula is C28H30N4O5. The van der Waals surface area contributed by atoms with E-state index in [0.29, 0.717) is 30.2 Å². The fourth-order valence-electron chi connectivity index (χ4n) is 3.17. The Morgan fingerprint density at radius 1 is 0.811 bits per heavy atom. The van der Waals surface area contributed by atoms with Gasteiger partial charge in [0.15, 0.2) is 18.1 Å². The highest BCUT2D eigenvalue weighted by atomic mass is 16.5. The van der Waals surface area contributed by atoms with Gasteiger partial charge >= 0.3 is 11.8 Å². The van der Waals surface area contributed by atoms with Crippen LogP contribution in [0.1, 0.15) is 29.2 Å².